The molecule has 0 spiro atoms. The fraction of sp³-hybridized carbons (Fsp3) is 0.106. The number of methoxy groups -OCH3 is 3. The summed E-state index contributed by atoms with van der Waals surface area (Å²) in [5.41, 5.74) is 7.24. The molecule has 8 rings (SSSR count). The number of hydrogen-bond acceptors (Lipinski definition) is 5. The second-order valence-corrected chi connectivity index (χ2v) is 23.4. The molecule has 7 nitrogen and oxygen atoms in total. The Balaban J connectivity index is 1.43. The molecule has 2 N–H and O–H groups in total. The summed E-state index contributed by atoms with van der Waals surface area (Å²) in [6.07, 6.45) is 0. The highest BCUT2D eigenvalue weighted by atomic mass is 79.9. The summed E-state index contributed by atoms with van der Waals surface area (Å²) in [6, 6.07) is 29.8. The van der Waals surface area contributed by atoms with Crippen LogP contribution in [0.4, 0.5) is 0 Å². The third-order valence-electron chi connectivity index (χ3n) is 11.0. The van der Waals surface area contributed by atoms with Gasteiger partial charge in [0.2, 0.25) is 5.79 Å². The van der Waals surface area contributed by atoms with Gasteiger partial charge in [0.05, 0.1) is 70.0 Å². The van der Waals surface area contributed by atoms with E-state index in [1.54, 1.807) is 33.5 Å². The maximum atomic E-state index is 6.90. The maximum absolute atomic E-state index is 6.90. The first-order chi connectivity index (χ1) is 31.9. The SMILES string of the molecule is COC(OC)(C1=N/C(=C(\c2ccc(Cl)cc2)c2[nH]c([C@@](OC)(c3ccc(Cl)cc3)c3[nH]c(/C(=C4\N=C(Br)C(Br)=C4Br)c4ccc(Cl)cc4)c(Br)c3Br)c(Br)c2Br)C(Br)=C1Br)c1ccc(Cl)cc1. The Kier molecular flexibility index (Phi) is 16.7. The van der Waals surface area contributed by atoms with Crippen molar-refractivity contribution < 1.29 is 14.2 Å². The number of allylic oxidation sites excluding steroid dienone is 3. The van der Waals surface area contributed by atoms with Gasteiger partial charge in [-0.15, -0.1) is 0 Å². The molecule has 344 valence electrons. The van der Waals surface area contributed by atoms with Crippen molar-refractivity contribution in [1.29, 1.82) is 0 Å². The maximum Gasteiger partial charge on any atom is 0.240 e. The van der Waals surface area contributed by atoms with E-state index in [1.807, 2.05) is 84.9 Å². The fourth-order valence-electron chi connectivity index (χ4n) is 7.87. The van der Waals surface area contributed by atoms with E-state index in [0.29, 0.717) is 103 Å². The van der Waals surface area contributed by atoms with Crippen molar-refractivity contribution in [3.05, 3.63) is 209 Å². The second-order valence-electron chi connectivity index (χ2n) is 14.5. The van der Waals surface area contributed by atoms with E-state index in [9.17, 15) is 0 Å². The van der Waals surface area contributed by atoms with Crippen LogP contribution in [0.5, 0.6) is 0 Å². The Bertz CT molecular complexity index is 3160. The number of ether oxygens (including phenoxy) is 3. The monoisotopic (exact) mass is 1550 g/mol. The van der Waals surface area contributed by atoms with Gasteiger partial charge in [-0.3, -0.25) is 0 Å². The Morgan fingerprint density at radius 3 is 1.19 bits per heavy atom. The smallest absolute Gasteiger partial charge is 0.240 e. The van der Waals surface area contributed by atoms with E-state index >= 15 is 0 Å². The van der Waals surface area contributed by atoms with Gasteiger partial charge < -0.3 is 24.2 Å². The molecule has 4 aromatic carbocycles. The molecular formula is C47H27Br9Cl4N4O3. The predicted molar refractivity (Wildman–Crippen MR) is 306 cm³/mol. The van der Waals surface area contributed by atoms with Crippen LogP contribution in [0, 0.1) is 0 Å². The number of aliphatic imine (C=N–C) groups is 2. The zero-order chi connectivity index (χ0) is 48.3. The molecule has 0 fully saturated rings. The van der Waals surface area contributed by atoms with E-state index in [1.165, 1.54) is 0 Å². The molecule has 0 saturated carbocycles. The zero-order valence-electron chi connectivity index (χ0n) is 34.3. The molecule has 2 aliphatic rings. The van der Waals surface area contributed by atoms with E-state index in [-0.39, 0.29) is 0 Å². The van der Waals surface area contributed by atoms with Crippen molar-refractivity contribution in [2.45, 2.75) is 11.4 Å². The van der Waals surface area contributed by atoms with Crippen molar-refractivity contribution in [3.8, 4) is 0 Å². The summed E-state index contributed by atoms with van der Waals surface area (Å²) in [4.78, 5) is 17.9. The summed E-state index contributed by atoms with van der Waals surface area (Å²) in [7, 11) is 4.78. The van der Waals surface area contributed by atoms with Gasteiger partial charge >= 0.3 is 0 Å². The number of benzene rings is 4. The third-order valence-corrected chi connectivity index (χ3v) is 21.5. The molecule has 0 radical (unpaired) electrons. The molecule has 6 aromatic rings. The average Bonchev–Trinajstić information content (AvgIpc) is 3.98. The van der Waals surface area contributed by atoms with Gasteiger partial charge in [-0.25, -0.2) is 9.98 Å². The zero-order valence-corrected chi connectivity index (χ0v) is 51.6. The van der Waals surface area contributed by atoms with E-state index in [0.717, 1.165) is 31.2 Å². The van der Waals surface area contributed by atoms with Crippen LogP contribution in [0.2, 0.25) is 20.1 Å². The van der Waals surface area contributed by atoms with Crippen molar-refractivity contribution in [2.75, 3.05) is 21.3 Å². The number of nitrogens with zero attached hydrogens (tertiary/aromatic N) is 2. The minimum atomic E-state index is -1.44. The molecule has 20 heteroatoms. The van der Waals surface area contributed by atoms with Crippen LogP contribution in [-0.2, 0) is 25.6 Å². The third kappa shape index (κ3) is 9.40. The van der Waals surface area contributed by atoms with Crippen LogP contribution >= 0.6 is 190 Å². The van der Waals surface area contributed by atoms with Crippen LogP contribution in [0.1, 0.15) is 45.0 Å². The molecular weight excluding hydrogens is 1530 g/mol. The normalized spacial score (nSPS) is 16.8. The van der Waals surface area contributed by atoms with Crippen LogP contribution < -0.4 is 0 Å². The number of aromatic nitrogens is 2. The van der Waals surface area contributed by atoms with E-state index in [4.69, 9.17) is 70.6 Å². The summed E-state index contributed by atoms with van der Waals surface area (Å²) in [5.74, 6) is -1.44. The van der Waals surface area contributed by atoms with Crippen LogP contribution in [0.25, 0.3) is 11.1 Å². The lowest BCUT2D eigenvalue weighted by Gasteiger charge is -2.33. The van der Waals surface area contributed by atoms with Gasteiger partial charge in [0.1, 0.15) is 10.3 Å². The number of H-pyrrole nitrogens is 2. The number of rotatable bonds is 12. The van der Waals surface area contributed by atoms with Crippen molar-refractivity contribution in [2.24, 2.45) is 9.98 Å². The number of halogens is 13. The predicted octanol–water partition coefficient (Wildman–Crippen LogP) is 18.9. The number of hydrogen-bond donors (Lipinski definition) is 2. The van der Waals surface area contributed by atoms with Crippen LogP contribution in [-0.4, -0.2) is 41.6 Å². The molecule has 0 saturated heterocycles. The summed E-state index contributed by atoms with van der Waals surface area (Å²) in [5, 5.41) is 2.26. The van der Waals surface area contributed by atoms with Crippen LogP contribution in [0.3, 0.4) is 0 Å². The van der Waals surface area contributed by atoms with Crippen LogP contribution in [0.15, 0.2) is 154 Å². The molecule has 2 aliphatic heterocycles. The largest absolute Gasteiger partial charge is 0.361 e. The fourth-order valence-corrected chi connectivity index (χ4v) is 12.9. The molecule has 1 atom stereocenters. The van der Waals surface area contributed by atoms with Crippen molar-refractivity contribution in [1.82, 2.24) is 9.97 Å². The number of aromatic amines is 2. The van der Waals surface area contributed by atoms with E-state index in [2.05, 4.69) is 153 Å². The first-order valence-electron chi connectivity index (χ1n) is 19.2. The topological polar surface area (TPSA) is 84.0 Å². The van der Waals surface area contributed by atoms with Gasteiger partial charge in [-0.05, 0) is 209 Å². The highest BCUT2D eigenvalue weighted by Crippen LogP contribution is 2.54. The molecule has 0 amide bonds. The van der Waals surface area contributed by atoms with Gasteiger partial charge in [-0.2, -0.15) is 0 Å². The lowest BCUT2D eigenvalue weighted by atomic mass is 9.87. The minimum Gasteiger partial charge on any atom is -0.361 e. The Labute approximate surface area is 481 Å². The Morgan fingerprint density at radius 2 is 0.821 bits per heavy atom. The Hall–Kier alpha value is -0.900. The molecule has 0 aliphatic carbocycles. The summed E-state index contributed by atoms with van der Waals surface area (Å²) in [6.45, 7) is 0. The first kappa shape index (κ1) is 52.4. The van der Waals surface area contributed by atoms with Crippen molar-refractivity contribution in [3.63, 3.8) is 0 Å². The lowest BCUT2D eigenvalue weighted by Crippen LogP contribution is -2.39. The average molecular weight is 1560 g/mol. The standard InChI is InChI=1S/C47H27Br9Cl4N4O3/c1-65-46(22-8-16-26(59)17-9-22,43-35(53)31(49)39(62-43)29(21-6-14-25(58)15-7-21)41-33(51)37(55)45(56)64-41)42-34(52)30(48)38(61-42)28(20-4-12-24(57)13-5-20)40-32(50)36(54)44(63-40)47(66-2,67-3)23-10-18-27(60)19-11-23/h4-19,61-62H,1-3H3/b40-28+,41-29-/t46-/m0/s1. The Morgan fingerprint density at radius 1 is 0.448 bits per heavy atom. The van der Waals surface area contributed by atoms with Gasteiger partial charge in [0.15, 0.2) is 5.60 Å². The molecule has 67 heavy (non-hydrogen) atoms. The summed E-state index contributed by atoms with van der Waals surface area (Å²) >= 11 is 60.7. The minimum absolute atomic E-state index is 0.452. The van der Waals surface area contributed by atoms with Gasteiger partial charge in [0.25, 0.3) is 0 Å². The van der Waals surface area contributed by atoms with Gasteiger partial charge in [-0.1, -0.05) is 94.9 Å². The number of nitrogens with one attached hydrogen (secondary N) is 2. The molecule has 2 aromatic heterocycles. The second kappa shape index (κ2) is 21.3. The quantitative estimate of drug-likeness (QED) is 0.120. The molecule has 4 heterocycles. The molecule has 0 bridgehead atoms. The highest BCUT2D eigenvalue weighted by Gasteiger charge is 2.47. The van der Waals surface area contributed by atoms with Crippen molar-refractivity contribution >= 4 is 211 Å². The highest BCUT2D eigenvalue weighted by molar-refractivity contribution is 9.21. The lowest BCUT2D eigenvalue weighted by molar-refractivity contribution is -0.160. The summed E-state index contributed by atoms with van der Waals surface area (Å²) < 4.78 is 25.3. The van der Waals surface area contributed by atoms with Gasteiger partial charge in [0, 0.05) is 58.1 Å². The molecule has 0 unspecified atom stereocenters. The first-order valence-corrected chi connectivity index (χ1v) is 27.9. The van der Waals surface area contributed by atoms with E-state index < -0.39 is 11.4 Å².